The molecule has 0 saturated heterocycles. The SMILES string of the molecule is CCCCc1cc2c(cc1CCCC)C1=C(c3ccccc3)C3(C(c4c5ccccc5cc5ccccc45)=C1C2)c1ccccc1Cc1ccccc13. The second-order valence-electron chi connectivity index (χ2n) is 15.6. The summed E-state index contributed by atoms with van der Waals surface area (Å²) in [6.45, 7) is 4.65. The van der Waals surface area contributed by atoms with E-state index in [-0.39, 0.29) is 0 Å². The summed E-state index contributed by atoms with van der Waals surface area (Å²) in [5, 5.41) is 5.28. The Kier molecular flexibility index (Phi) is 7.83. The molecule has 7 aromatic rings. The molecule has 10 rings (SSSR count). The zero-order chi connectivity index (χ0) is 35.5. The Morgan fingerprint density at radius 3 is 1.66 bits per heavy atom. The zero-order valence-corrected chi connectivity index (χ0v) is 31.0. The van der Waals surface area contributed by atoms with Crippen LogP contribution in [0.2, 0.25) is 0 Å². The maximum Gasteiger partial charge on any atom is 0.0728 e. The van der Waals surface area contributed by atoms with Crippen molar-refractivity contribution in [1.29, 1.82) is 0 Å². The molecule has 0 heterocycles. The molecule has 1 spiro atoms. The normalized spacial score (nSPS) is 15.3. The summed E-state index contributed by atoms with van der Waals surface area (Å²) in [5.74, 6) is 0. The molecule has 0 unspecified atom stereocenters. The highest BCUT2D eigenvalue weighted by atomic mass is 14.6. The van der Waals surface area contributed by atoms with Gasteiger partial charge in [-0.2, -0.15) is 0 Å². The van der Waals surface area contributed by atoms with Crippen LogP contribution in [0, 0.1) is 0 Å². The van der Waals surface area contributed by atoms with Crippen LogP contribution >= 0.6 is 0 Å². The molecule has 0 heteroatoms. The third-order valence-electron chi connectivity index (χ3n) is 12.6. The fourth-order valence-corrected chi connectivity index (χ4v) is 10.4. The number of hydrogen-bond donors (Lipinski definition) is 0. The van der Waals surface area contributed by atoms with E-state index in [0.717, 1.165) is 25.7 Å². The summed E-state index contributed by atoms with van der Waals surface area (Å²) in [5.41, 5.74) is 20.0. The fraction of sp³-hybridized carbons (Fsp3) is 0.208. The highest BCUT2D eigenvalue weighted by Gasteiger charge is 2.55. The van der Waals surface area contributed by atoms with Gasteiger partial charge in [0.25, 0.3) is 0 Å². The first kappa shape index (κ1) is 32.2. The van der Waals surface area contributed by atoms with E-state index < -0.39 is 5.41 Å². The van der Waals surface area contributed by atoms with E-state index in [1.165, 1.54) is 114 Å². The van der Waals surface area contributed by atoms with Crippen LogP contribution in [0.15, 0.2) is 151 Å². The molecule has 7 aromatic carbocycles. The second-order valence-corrected chi connectivity index (χ2v) is 15.6. The van der Waals surface area contributed by atoms with Gasteiger partial charge in [-0.15, -0.1) is 0 Å². The fourth-order valence-electron chi connectivity index (χ4n) is 10.4. The van der Waals surface area contributed by atoms with Crippen LogP contribution in [-0.4, -0.2) is 0 Å². The quantitative estimate of drug-likeness (QED) is 0.140. The molecule has 0 fully saturated rings. The van der Waals surface area contributed by atoms with Crippen molar-refractivity contribution in [2.24, 2.45) is 0 Å². The minimum atomic E-state index is -0.494. The molecule has 0 N–H and O–H groups in total. The maximum absolute atomic E-state index is 2.65. The van der Waals surface area contributed by atoms with Crippen LogP contribution < -0.4 is 0 Å². The molecule has 258 valence electrons. The van der Waals surface area contributed by atoms with Crippen LogP contribution in [-0.2, 0) is 31.1 Å². The molecular formula is C53H46. The number of benzene rings is 7. The summed E-state index contributed by atoms with van der Waals surface area (Å²) in [6.07, 6.45) is 9.11. The van der Waals surface area contributed by atoms with Gasteiger partial charge in [-0.05, 0) is 144 Å². The molecule has 3 aliphatic carbocycles. The van der Waals surface area contributed by atoms with E-state index in [1.54, 1.807) is 11.1 Å². The van der Waals surface area contributed by atoms with Gasteiger partial charge in [0, 0.05) is 0 Å². The predicted octanol–water partition coefficient (Wildman–Crippen LogP) is 13.5. The molecule has 0 aromatic heterocycles. The first-order chi connectivity index (χ1) is 26.2. The van der Waals surface area contributed by atoms with Crippen molar-refractivity contribution in [3.63, 3.8) is 0 Å². The summed E-state index contributed by atoms with van der Waals surface area (Å²) >= 11 is 0. The van der Waals surface area contributed by atoms with E-state index in [9.17, 15) is 0 Å². The molecule has 0 radical (unpaired) electrons. The van der Waals surface area contributed by atoms with Crippen molar-refractivity contribution >= 4 is 38.3 Å². The van der Waals surface area contributed by atoms with Gasteiger partial charge >= 0.3 is 0 Å². The van der Waals surface area contributed by atoms with E-state index >= 15 is 0 Å². The van der Waals surface area contributed by atoms with Crippen LogP contribution in [0.3, 0.4) is 0 Å². The van der Waals surface area contributed by atoms with Crippen molar-refractivity contribution < 1.29 is 0 Å². The number of fused-ring (bicyclic) bond motifs is 9. The first-order valence-corrected chi connectivity index (χ1v) is 20.0. The van der Waals surface area contributed by atoms with Gasteiger partial charge in [-0.1, -0.05) is 166 Å². The summed E-state index contributed by atoms with van der Waals surface area (Å²) in [7, 11) is 0. The van der Waals surface area contributed by atoms with E-state index in [1.807, 2.05) is 0 Å². The highest BCUT2D eigenvalue weighted by Crippen LogP contribution is 2.68. The third-order valence-corrected chi connectivity index (χ3v) is 12.6. The minimum Gasteiger partial charge on any atom is -0.0654 e. The average molecular weight is 683 g/mol. The van der Waals surface area contributed by atoms with Gasteiger partial charge < -0.3 is 0 Å². The molecule has 0 atom stereocenters. The lowest BCUT2D eigenvalue weighted by Gasteiger charge is -2.44. The van der Waals surface area contributed by atoms with E-state index in [4.69, 9.17) is 0 Å². The molecule has 0 nitrogen and oxygen atoms in total. The Morgan fingerprint density at radius 1 is 0.491 bits per heavy atom. The molecule has 0 bridgehead atoms. The Hall–Kier alpha value is -5.46. The lowest BCUT2D eigenvalue weighted by atomic mass is 9.57. The molecule has 3 aliphatic rings. The van der Waals surface area contributed by atoms with Crippen LogP contribution in [0.1, 0.15) is 95.2 Å². The maximum atomic E-state index is 2.65. The lowest BCUT2D eigenvalue weighted by molar-refractivity contribution is 0.757. The van der Waals surface area contributed by atoms with E-state index in [0.29, 0.717) is 0 Å². The van der Waals surface area contributed by atoms with Crippen molar-refractivity contribution in [3.05, 3.63) is 207 Å². The van der Waals surface area contributed by atoms with Crippen molar-refractivity contribution in [3.8, 4) is 0 Å². The van der Waals surface area contributed by atoms with Crippen molar-refractivity contribution in [2.45, 2.75) is 70.6 Å². The van der Waals surface area contributed by atoms with Gasteiger partial charge in [0.2, 0.25) is 0 Å². The topological polar surface area (TPSA) is 0 Å². The first-order valence-electron chi connectivity index (χ1n) is 20.0. The van der Waals surface area contributed by atoms with Crippen LogP contribution in [0.25, 0.3) is 38.3 Å². The second kappa shape index (κ2) is 12.9. The monoisotopic (exact) mass is 682 g/mol. The van der Waals surface area contributed by atoms with Gasteiger partial charge in [0.15, 0.2) is 0 Å². The lowest BCUT2D eigenvalue weighted by Crippen LogP contribution is -2.35. The number of unbranched alkanes of at least 4 members (excludes halogenated alkanes) is 2. The summed E-state index contributed by atoms with van der Waals surface area (Å²) < 4.78 is 0. The Labute approximate surface area is 314 Å². The summed E-state index contributed by atoms with van der Waals surface area (Å²) in [6, 6.07) is 56.2. The molecule has 53 heavy (non-hydrogen) atoms. The van der Waals surface area contributed by atoms with Crippen LogP contribution in [0.5, 0.6) is 0 Å². The third kappa shape index (κ3) is 4.81. The Bertz CT molecular complexity index is 2530. The van der Waals surface area contributed by atoms with Gasteiger partial charge in [0.1, 0.15) is 0 Å². The van der Waals surface area contributed by atoms with Gasteiger partial charge in [0.05, 0.1) is 5.41 Å². The zero-order valence-electron chi connectivity index (χ0n) is 31.0. The standard InChI is InChI=1S/C53H46/c1-3-5-18-36-30-42-34-46-50(45(42)33-37(36)19-6-4-2)51(35-20-8-7-9-21-35)53(47-28-16-12-24-40(47)32-41-25-13-17-29-48(41)53)52(46)49-43-26-14-10-22-38(43)31-39-23-11-15-27-44(39)49/h7-17,20-31,33H,3-6,18-19,32,34H2,1-2H3. The smallest absolute Gasteiger partial charge is 0.0654 e. The molecular weight excluding hydrogens is 637 g/mol. The number of hydrogen-bond acceptors (Lipinski definition) is 0. The van der Waals surface area contributed by atoms with Gasteiger partial charge in [-0.3, -0.25) is 0 Å². The molecule has 0 aliphatic heterocycles. The van der Waals surface area contributed by atoms with Gasteiger partial charge in [-0.25, -0.2) is 0 Å². The largest absolute Gasteiger partial charge is 0.0728 e. The van der Waals surface area contributed by atoms with Crippen molar-refractivity contribution in [2.75, 3.05) is 0 Å². The number of rotatable bonds is 8. The molecule has 0 saturated carbocycles. The Balaban J connectivity index is 1.42. The Morgan fingerprint density at radius 2 is 1.04 bits per heavy atom. The minimum absolute atomic E-state index is 0.494. The summed E-state index contributed by atoms with van der Waals surface area (Å²) in [4.78, 5) is 0. The average Bonchev–Trinajstić information content (AvgIpc) is 3.69. The number of aryl methyl sites for hydroxylation is 2. The number of allylic oxidation sites excluding steroid dienone is 4. The molecule has 0 amide bonds. The van der Waals surface area contributed by atoms with Crippen molar-refractivity contribution in [1.82, 2.24) is 0 Å². The predicted molar refractivity (Wildman–Crippen MR) is 225 cm³/mol. The van der Waals surface area contributed by atoms with E-state index in [2.05, 4.69) is 159 Å². The van der Waals surface area contributed by atoms with Crippen LogP contribution in [0.4, 0.5) is 0 Å². The highest BCUT2D eigenvalue weighted by molar-refractivity contribution is 6.25.